The molecule has 2 aliphatic heterocycles. The van der Waals surface area contributed by atoms with E-state index < -0.39 is 23.4 Å². The first-order valence-corrected chi connectivity index (χ1v) is 13.0. The first-order valence-electron chi connectivity index (χ1n) is 12.6. The van der Waals surface area contributed by atoms with Crippen LogP contribution in [-0.4, -0.2) is 29.4 Å². The molecule has 0 radical (unpaired) electrons. The number of nitrogens with zero attached hydrogens (tertiary/aromatic N) is 1. The van der Waals surface area contributed by atoms with E-state index in [0.717, 1.165) is 16.8 Å². The molecule has 3 aliphatic rings. The summed E-state index contributed by atoms with van der Waals surface area (Å²) in [5, 5.41) is 0.343. The number of rotatable bonds is 3. The summed E-state index contributed by atoms with van der Waals surface area (Å²) in [7, 11) is 0. The average Bonchev–Trinajstić information content (AvgIpc) is 3.40. The zero-order valence-corrected chi connectivity index (χ0v) is 21.0. The number of Topliss-reactive ketones (excluding diaryl/α,β-unsaturated/α-hetero) is 3. The lowest BCUT2D eigenvalue weighted by Gasteiger charge is -2.37. The quantitative estimate of drug-likeness (QED) is 0.226. The summed E-state index contributed by atoms with van der Waals surface area (Å²) in [6.07, 6.45) is 3.89. The van der Waals surface area contributed by atoms with Crippen molar-refractivity contribution in [2.24, 2.45) is 5.41 Å². The number of ketones is 3. The molecule has 1 aliphatic carbocycles. The van der Waals surface area contributed by atoms with Gasteiger partial charge < -0.3 is 4.90 Å². The predicted molar refractivity (Wildman–Crippen MR) is 148 cm³/mol. The Morgan fingerprint density at radius 1 is 0.737 bits per heavy atom. The highest BCUT2D eigenvalue weighted by atomic mass is 35.5. The number of carbonyl (C=O) groups excluding carboxylic acids is 3. The summed E-state index contributed by atoms with van der Waals surface area (Å²) in [4.78, 5) is 45.6. The van der Waals surface area contributed by atoms with E-state index in [-0.39, 0.29) is 17.3 Å². The molecular weight excluding hydrogens is 494 g/mol. The Morgan fingerprint density at radius 2 is 1.34 bits per heavy atom. The molecule has 0 saturated carbocycles. The van der Waals surface area contributed by atoms with Crippen LogP contribution >= 0.6 is 11.6 Å². The molecular formula is C33H22ClNO3. The average molecular weight is 516 g/mol. The Labute approximate surface area is 225 Å². The van der Waals surface area contributed by atoms with Crippen LogP contribution in [0, 0.1) is 5.41 Å². The van der Waals surface area contributed by atoms with Gasteiger partial charge in [-0.1, -0.05) is 109 Å². The van der Waals surface area contributed by atoms with Crippen molar-refractivity contribution in [3.05, 3.63) is 142 Å². The maximum atomic E-state index is 14.6. The van der Waals surface area contributed by atoms with Crippen molar-refractivity contribution in [1.29, 1.82) is 0 Å². The number of anilines is 1. The number of fused-ring (bicyclic) bond motifs is 5. The maximum Gasteiger partial charge on any atom is 0.187 e. The van der Waals surface area contributed by atoms with Crippen molar-refractivity contribution in [2.45, 2.75) is 18.0 Å². The lowest BCUT2D eigenvalue weighted by Crippen LogP contribution is -2.48. The van der Waals surface area contributed by atoms with Gasteiger partial charge in [0, 0.05) is 28.3 Å². The molecule has 4 aromatic rings. The minimum atomic E-state index is -1.50. The lowest BCUT2D eigenvalue weighted by atomic mass is 9.64. The fourth-order valence-corrected chi connectivity index (χ4v) is 7.00. The Hall–Kier alpha value is -4.28. The SMILES string of the molecule is O=C(c1ccccc1Cl)[C@@H]1[C@H](c2ccccc2)C2(C(=O)c3ccccc3C2=O)[C@@H]2C=Cc3ccccc3N12. The van der Waals surface area contributed by atoms with Gasteiger partial charge in [0.1, 0.15) is 11.5 Å². The molecule has 184 valence electrons. The summed E-state index contributed by atoms with van der Waals surface area (Å²) in [6, 6.07) is 29.8. The van der Waals surface area contributed by atoms with Crippen molar-refractivity contribution >= 4 is 40.7 Å². The van der Waals surface area contributed by atoms with E-state index in [1.54, 1.807) is 48.5 Å². The number of halogens is 1. The molecule has 0 amide bonds. The Balaban J connectivity index is 1.56. The van der Waals surface area contributed by atoms with Crippen LogP contribution in [0.4, 0.5) is 5.69 Å². The van der Waals surface area contributed by atoms with Gasteiger partial charge in [0.15, 0.2) is 17.3 Å². The third-order valence-corrected chi connectivity index (χ3v) is 8.61. The van der Waals surface area contributed by atoms with Gasteiger partial charge in [-0.05, 0) is 29.3 Å². The second-order valence-corrected chi connectivity index (χ2v) is 10.4. The van der Waals surface area contributed by atoms with Crippen LogP contribution in [0.3, 0.4) is 0 Å². The van der Waals surface area contributed by atoms with Gasteiger partial charge in [0.25, 0.3) is 0 Å². The van der Waals surface area contributed by atoms with E-state index in [4.69, 9.17) is 11.6 Å². The molecule has 0 N–H and O–H groups in total. The highest BCUT2D eigenvalue weighted by Gasteiger charge is 2.71. The first-order chi connectivity index (χ1) is 18.5. The second-order valence-electron chi connectivity index (χ2n) is 10.0. The molecule has 1 fully saturated rings. The minimum Gasteiger partial charge on any atom is -0.352 e. The Kier molecular flexibility index (Phi) is 5.04. The van der Waals surface area contributed by atoms with Gasteiger partial charge in [0.05, 0.1) is 11.1 Å². The molecule has 38 heavy (non-hydrogen) atoms. The zero-order valence-electron chi connectivity index (χ0n) is 20.3. The molecule has 5 heteroatoms. The van der Waals surface area contributed by atoms with E-state index in [2.05, 4.69) is 0 Å². The van der Waals surface area contributed by atoms with Crippen molar-refractivity contribution in [2.75, 3.05) is 4.90 Å². The molecule has 0 aromatic heterocycles. The third-order valence-electron chi connectivity index (χ3n) is 8.28. The van der Waals surface area contributed by atoms with E-state index in [1.165, 1.54) is 0 Å². The molecule has 4 nitrogen and oxygen atoms in total. The van der Waals surface area contributed by atoms with E-state index in [0.29, 0.717) is 21.7 Å². The Morgan fingerprint density at radius 3 is 2.05 bits per heavy atom. The summed E-state index contributed by atoms with van der Waals surface area (Å²) in [5.41, 5.74) is 2.22. The topological polar surface area (TPSA) is 54.5 Å². The normalized spacial score (nSPS) is 22.3. The molecule has 2 heterocycles. The van der Waals surface area contributed by atoms with E-state index in [1.807, 2.05) is 71.6 Å². The van der Waals surface area contributed by atoms with Crippen LogP contribution in [0.25, 0.3) is 6.08 Å². The molecule has 1 saturated heterocycles. The van der Waals surface area contributed by atoms with Crippen LogP contribution in [0.15, 0.2) is 109 Å². The van der Waals surface area contributed by atoms with Gasteiger partial charge in [-0.15, -0.1) is 0 Å². The van der Waals surface area contributed by atoms with Crippen molar-refractivity contribution in [3.63, 3.8) is 0 Å². The fourth-order valence-electron chi connectivity index (χ4n) is 6.77. The summed E-state index contributed by atoms with van der Waals surface area (Å²) < 4.78 is 0. The molecule has 0 bridgehead atoms. The molecule has 1 spiro atoms. The monoisotopic (exact) mass is 515 g/mol. The largest absolute Gasteiger partial charge is 0.352 e. The molecule has 4 aromatic carbocycles. The van der Waals surface area contributed by atoms with Crippen LogP contribution in [-0.2, 0) is 0 Å². The second kappa shape index (κ2) is 8.37. The zero-order chi connectivity index (χ0) is 26.0. The highest BCUT2D eigenvalue weighted by molar-refractivity contribution is 6.35. The Bertz CT molecular complexity index is 1640. The van der Waals surface area contributed by atoms with Gasteiger partial charge in [-0.2, -0.15) is 0 Å². The summed E-state index contributed by atoms with van der Waals surface area (Å²) in [5.74, 6) is -1.42. The fraction of sp³-hybridized carbons (Fsp3) is 0.121. The van der Waals surface area contributed by atoms with Crippen molar-refractivity contribution in [1.82, 2.24) is 0 Å². The summed E-state index contributed by atoms with van der Waals surface area (Å²) >= 11 is 6.56. The third kappa shape index (κ3) is 2.89. The predicted octanol–water partition coefficient (Wildman–Crippen LogP) is 6.66. The van der Waals surface area contributed by atoms with E-state index in [9.17, 15) is 14.4 Å². The lowest BCUT2D eigenvalue weighted by molar-refractivity contribution is 0.0666. The van der Waals surface area contributed by atoms with Crippen LogP contribution in [0.1, 0.15) is 48.1 Å². The summed E-state index contributed by atoms with van der Waals surface area (Å²) in [6.45, 7) is 0. The number of para-hydroxylation sites is 1. The van der Waals surface area contributed by atoms with Crippen molar-refractivity contribution in [3.8, 4) is 0 Å². The van der Waals surface area contributed by atoms with Gasteiger partial charge in [0.2, 0.25) is 0 Å². The van der Waals surface area contributed by atoms with Crippen LogP contribution in [0.2, 0.25) is 5.02 Å². The highest BCUT2D eigenvalue weighted by Crippen LogP contribution is 2.61. The molecule has 7 rings (SSSR count). The first kappa shape index (κ1) is 22.9. The van der Waals surface area contributed by atoms with Crippen LogP contribution in [0.5, 0.6) is 0 Å². The minimum absolute atomic E-state index is 0.215. The number of carbonyl (C=O) groups is 3. The molecule has 0 unspecified atom stereocenters. The smallest absolute Gasteiger partial charge is 0.187 e. The standard InChI is InChI=1S/C33H22ClNO3/c34-25-16-8-7-15-24(25)30(36)29-28(21-11-2-1-3-12-21)33(31(37)22-13-5-6-14-23(22)32(33)38)27-19-18-20-10-4-9-17-26(20)35(27)29/h1-19,27-29H/t27-,28-,29-/m0/s1. The number of hydrogen-bond acceptors (Lipinski definition) is 4. The van der Waals surface area contributed by atoms with Gasteiger partial charge in [-0.3, -0.25) is 14.4 Å². The molecule has 3 atom stereocenters. The van der Waals surface area contributed by atoms with Gasteiger partial charge in [-0.25, -0.2) is 0 Å². The van der Waals surface area contributed by atoms with Gasteiger partial charge >= 0.3 is 0 Å². The van der Waals surface area contributed by atoms with Crippen molar-refractivity contribution < 1.29 is 14.4 Å². The van der Waals surface area contributed by atoms with E-state index >= 15 is 0 Å². The van der Waals surface area contributed by atoms with Crippen LogP contribution < -0.4 is 4.90 Å². The maximum absolute atomic E-state index is 14.6. The number of hydrogen-bond donors (Lipinski definition) is 0. The number of benzene rings is 4.